The third-order valence-corrected chi connectivity index (χ3v) is 2.94. The second-order valence-electron chi connectivity index (χ2n) is 4.47. The van der Waals surface area contributed by atoms with Crippen molar-refractivity contribution in [3.8, 4) is 0 Å². The fourth-order valence-corrected chi connectivity index (χ4v) is 2.27. The van der Waals surface area contributed by atoms with Crippen LogP contribution in [-0.4, -0.2) is 5.78 Å². The van der Waals surface area contributed by atoms with Crippen molar-refractivity contribution in [3.05, 3.63) is 70.3 Å². The molecule has 3 heteroatoms. The summed E-state index contributed by atoms with van der Waals surface area (Å²) in [5, 5.41) is 0. The maximum absolute atomic E-state index is 12.4. The molecule has 0 aliphatic heterocycles. The Kier molecular flexibility index (Phi) is 5.59. The predicted molar refractivity (Wildman–Crippen MR) is 79.5 cm³/mol. The molecule has 0 saturated heterocycles. The molecule has 0 N–H and O–H groups in total. The topological polar surface area (TPSA) is 34.1 Å². The average molecular weight is 272 g/mol. The molecular weight excluding hydrogens is 255 g/mol. The van der Waals surface area contributed by atoms with Gasteiger partial charge in [-0.05, 0) is 31.9 Å². The van der Waals surface area contributed by atoms with Crippen LogP contribution in [0, 0.1) is 20.8 Å². The van der Waals surface area contributed by atoms with Crippen molar-refractivity contribution in [2.24, 2.45) is 0 Å². The fourth-order valence-electron chi connectivity index (χ4n) is 2.27. The molecule has 0 aliphatic carbocycles. The van der Waals surface area contributed by atoms with E-state index in [0.29, 0.717) is 0 Å². The minimum atomic E-state index is 0.112. The number of hydrogen-bond acceptors (Lipinski definition) is 2. The first-order valence-electron chi connectivity index (χ1n) is 5.97. The summed E-state index contributed by atoms with van der Waals surface area (Å²) in [4.78, 5) is 12.4. The monoisotopic (exact) mass is 272 g/mol. The third-order valence-electron chi connectivity index (χ3n) is 2.94. The molecule has 0 saturated carbocycles. The van der Waals surface area contributed by atoms with Crippen LogP contribution in [0.5, 0.6) is 0 Å². The molecule has 2 rings (SSSR count). The van der Waals surface area contributed by atoms with Gasteiger partial charge in [0.1, 0.15) is 9.12 Å². The van der Waals surface area contributed by atoms with E-state index in [4.69, 9.17) is 4.57 Å². The lowest BCUT2D eigenvalue weighted by molar-refractivity contribution is 0.103. The predicted octanol–water partition coefficient (Wildman–Crippen LogP) is 4.32. The highest BCUT2D eigenvalue weighted by Crippen LogP contribution is 2.20. The summed E-state index contributed by atoms with van der Waals surface area (Å²) in [6.45, 7) is 6.04. The van der Waals surface area contributed by atoms with Crippen molar-refractivity contribution in [2.45, 2.75) is 20.8 Å². The normalized spacial score (nSPS) is 9.42. The molecule has 98 valence electrons. The number of carbonyl (C=O) groups is 1. The highest BCUT2D eigenvalue weighted by Gasteiger charge is 2.14. The van der Waals surface area contributed by atoms with E-state index in [2.05, 4.69) is 19.1 Å². The number of ketones is 1. The Balaban J connectivity index is 0.000000861. The van der Waals surface area contributed by atoms with Gasteiger partial charge in [0.25, 0.3) is 0 Å². The molecule has 0 amide bonds. The van der Waals surface area contributed by atoms with Gasteiger partial charge in [-0.2, -0.15) is 0 Å². The van der Waals surface area contributed by atoms with E-state index in [1.165, 1.54) is 5.56 Å². The second-order valence-corrected chi connectivity index (χ2v) is 4.47. The number of benzene rings is 2. The van der Waals surface area contributed by atoms with E-state index in [9.17, 15) is 4.79 Å². The van der Waals surface area contributed by atoms with Crippen LogP contribution < -0.4 is 0 Å². The zero-order chi connectivity index (χ0) is 14.4. The molecular formula is C16H17O2P. The Labute approximate surface area is 116 Å². The lowest BCUT2D eigenvalue weighted by atomic mass is 9.93. The van der Waals surface area contributed by atoms with Crippen molar-refractivity contribution in [1.82, 2.24) is 0 Å². The van der Waals surface area contributed by atoms with Gasteiger partial charge < -0.3 is 0 Å². The molecule has 0 spiro atoms. The zero-order valence-electron chi connectivity index (χ0n) is 11.4. The maximum Gasteiger partial charge on any atom is 0.193 e. The molecule has 0 aliphatic rings. The van der Waals surface area contributed by atoms with Gasteiger partial charge in [-0.25, -0.2) is 0 Å². The van der Waals surface area contributed by atoms with Gasteiger partial charge in [0.2, 0.25) is 0 Å². The first-order chi connectivity index (χ1) is 9.09. The summed E-state index contributed by atoms with van der Waals surface area (Å²) >= 11 is 0. The fraction of sp³-hybridized carbons (Fsp3) is 0.188. The summed E-state index contributed by atoms with van der Waals surface area (Å²) in [7, 11) is 1.72. The third kappa shape index (κ3) is 3.59. The van der Waals surface area contributed by atoms with Crippen LogP contribution in [0.4, 0.5) is 0 Å². The Morgan fingerprint density at radius 1 is 0.895 bits per heavy atom. The van der Waals surface area contributed by atoms with E-state index in [-0.39, 0.29) is 5.78 Å². The van der Waals surface area contributed by atoms with E-state index >= 15 is 0 Å². The number of hydrogen-bond donors (Lipinski definition) is 0. The van der Waals surface area contributed by atoms with Gasteiger partial charge in [-0.15, -0.1) is 0 Å². The smallest absolute Gasteiger partial charge is 0.193 e. The van der Waals surface area contributed by atoms with Crippen LogP contribution in [0.3, 0.4) is 0 Å². The molecule has 0 radical (unpaired) electrons. The summed E-state index contributed by atoms with van der Waals surface area (Å²) in [5.41, 5.74) is 4.89. The SMILES string of the molecule is Cc1cc(C)c(C(=O)c2ccccc2)c(C)c1.O=P. The standard InChI is InChI=1S/C16H16O.HOP/c1-11-9-12(2)15(13(3)10-11)16(17)14-7-5-4-6-8-14;1-2/h4-10H,1-3H3;2H. The molecule has 2 aromatic rings. The molecule has 0 aromatic heterocycles. The molecule has 0 bridgehead atoms. The quantitative estimate of drug-likeness (QED) is 0.602. The number of carbonyl (C=O) groups excluding carboxylic acids is 1. The molecule has 2 nitrogen and oxygen atoms in total. The minimum Gasteiger partial charge on any atom is -0.289 e. The van der Waals surface area contributed by atoms with Crippen LogP contribution in [-0.2, 0) is 4.57 Å². The van der Waals surface area contributed by atoms with Crippen molar-refractivity contribution in [3.63, 3.8) is 0 Å². The largest absolute Gasteiger partial charge is 0.289 e. The minimum absolute atomic E-state index is 0.112. The van der Waals surface area contributed by atoms with Crippen LogP contribution in [0.2, 0.25) is 0 Å². The van der Waals surface area contributed by atoms with Gasteiger partial charge in [0, 0.05) is 11.1 Å². The van der Waals surface area contributed by atoms with Crippen LogP contribution in [0.25, 0.3) is 0 Å². The van der Waals surface area contributed by atoms with E-state index in [1.54, 1.807) is 9.12 Å². The Morgan fingerprint density at radius 2 is 1.37 bits per heavy atom. The lowest BCUT2D eigenvalue weighted by Gasteiger charge is -2.10. The maximum atomic E-state index is 12.4. The second kappa shape index (κ2) is 6.96. The number of rotatable bonds is 2. The summed E-state index contributed by atoms with van der Waals surface area (Å²) < 4.78 is 8.06. The lowest BCUT2D eigenvalue weighted by Crippen LogP contribution is -2.06. The summed E-state index contributed by atoms with van der Waals surface area (Å²) in [6, 6.07) is 13.6. The summed E-state index contributed by atoms with van der Waals surface area (Å²) in [6.07, 6.45) is 0. The molecule has 0 heterocycles. The molecule has 19 heavy (non-hydrogen) atoms. The van der Waals surface area contributed by atoms with E-state index < -0.39 is 0 Å². The Bertz CT molecular complexity index is 554. The van der Waals surface area contributed by atoms with Gasteiger partial charge in [-0.3, -0.25) is 9.36 Å². The van der Waals surface area contributed by atoms with Gasteiger partial charge >= 0.3 is 0 Å². The van der Waals surface area contributed by atoms with Gasteiger partial charge in [0.15, 0.2) is 5.78 Å². The zero-order valence-corrected chi connectivity index (χ0v) is 12.4. The highest BCUT2D eigenvalue weighted by atomic mass is 31.0. The van der Waals surface area contributed by atoms with Crippen molar-refractivity contribution in [2.75, 3.05) is 0 Å². The molecule has 2 aromatic carbocycles. The molecule has 0 unspecified atom stereocenters. The van der Waals surface area contributed by atoms with Crippen molar-refractivity contribution >= 4 is 14.9 Å². The summed E-state index contributed by atoms with van der Waals surface area (Å²) in [5.74, 6) is 0.112. The van der Waals surface area contributed by atoms with Gasteiger partial charge in [-0.1, -0.05) is 48.0 Å². The van der Waals surface area contributed by atoms with Crippen LogP contribution in [0.15, 0.2) is 42.5 Å². The Hall–Kier alpha value is -1.79. The van der Waals surface area contributed by atoms with Gasteiger partial charge in [0.05, 0.1) is 0 Å². The number of aryl methyl sites for hydroxylation is 3. The molecule has 0 atom stereocenters. The highest BCUT2D eigenvalue weighted by molar-refractivity contribution is 7.00. The average Bonchev–Trinajstić information content (AvgIpc) is 2.40. The molecule has 0 fully saturated rings. The van der Waals surface area contributed by atoms with Crippen LogP contribution >= 0.6 is 9.12 Å². The van der Waals surface area contributed by atoms with E-state index in [1.807, 2.05) is 44.2 Å². The van der Waals surface area contributed by atoms with Crippen molar-refractivity contribution in [1.29, 1.82) is 0 Å². The first kappa shape index (κ1) is 15.3. The Morgan fingerprint density at radius 3 is 1.84 bits per heavy atom. The first-order valence-corrected chi connectivity index (χ1v) is 6.38. The van der Waals surface area contributed by atoms with E-state index in [0.717, 1.165) is 22.3 Å². The van der Waals surface area contributed by atoms with Crippen molar-refractivity contribution < 1.29 is 9.36 Å². The van der Waals surface area contributed by atoms with Crippen LogP contribution in [0.1, 0.15) is 32.6 Å².